The molecule has 0 aromatic heterocycles. The van der Waals surface area contributed by atoms with Crippen LogP contribution >= 0.6 is 0 Å². The maximum Gasteiger partial charge on any atom is 0.253 e. The first-order chi connectivity index (χ1) is 13.0. The van der Waals surface area contributed by atoms with Crippen LogP contribution in [-0.2, 0) is 0 Å². The Hall–Kier alpha value is -2.61. The van der Waals surface area contributed by atoms with Crippen molar-refractivity contribution in [1.82, 2.24) is 15.7 Å². The Bertz CT molecular complexity index is 760. The molecule has 2 unspecified atom stereocenters. The van der Waals surface area contributed by atoms with E-state index in [-0.39, 0.29) is 11.9 Å². The maximum atomic E-state index is 12.7. The van der Waals surface area contributed by atoms with Crippen molar-refractivity contribution in [3.8, 4) is 22.6 Å². The predicted octanol–water partition coefficient (Wildman–Crippen LogP) is 2.36. The first-order valence-corrected chi connectivity index (χ1v) is 8.63. The van der Waals surface area contributed by atoms with E-state index in [2.05, 4.69) is 10.8 Å². The molecule has 146 valence electrons. The highest BCUT2D eigenvalue weighted by molar-refractivity contribution is 5.94. The standard InChI is InChI=1S/C20H27N3O4/c1-13(19(21-2)22-25)23(3)20(24)15-8-6-14(7-9-15)16-10-11-17(26-4)18(12-16)27-5/h6-13,19,21-22,25H,1-5H3. The molecule has 2 atom stereocenters. The van der Waals surface area contributed by atoms with Crippen molar-refractivity contribution in [2.24, 2.45) is 0 Å². The fourth-order valence-corrected chi connectivity index (χ4v) is 2.85. The molecule has 1 amide bonds. The van der Waals surface area contributed by atoms with Gasteiger partial charge in [0.2, 0.25) is 0 Å². The molecular weight excluding hydrogens is 346 g/mol. The number of nitrogens with zero attached hydrogens (tertiary/aromatic N) is 1. The van der Waals surface area contributed by atoms with Crippen molar-refractivity contribution in [2.75, 3.05) is 28.3 Å². The molecule has 3 N–H and O–H groups in total. The lowest BCUT2D eigenvalue weighted by Gasteiger charge is -2.31. The highest BCUT2D eigenvalue weighted by atomic mass is 16.5. The second kappa shape index (κ2) is 9.36. The third-order valence-corrected chi connectivity index (χ3v) is 4.71. The lowest BCUT2D eigenvalue weighted by Crippen LogP contribution is -2.54. The number of amides is 1. The van der Waals surface area contributed by atoms with E-state index in [0.717, 1.165) is 11.1 Å². The molecule has 0 fully saturated rings. The molecule has 0 aliphatic carbocycles. The van der Waals surface area contributed by atoms with Gasteiger partial charge in [-0.05, 0) is 49.4 Å². The molecule has 0 saturated carbocycles. The van der Waals surface area contributed by atoms with Gasteiger partial charge in [0.05, 0.1) is 20.3 Å². The van der Waals surface area contributed by atoms with Crippen LogP contribution in [0.25, 0.3) is 11.1 Å². The van der Waals surface area contributed by atoms with E-state index in [1.54, 1.807) is 45.3 Å². The zero-order valence-electron chi connectivity index (χ0n) is 16.3. The summed E-state index contributed by atoms with van der Waals surface area (Å²) in [5.74, 6) is 1.19. The van der Waals surface area contributed by atoms with Crippen molar-refractivity contribution in [3.63, 3.8) is 0 Å². The van der Waals surface area contributed by atoms with Gasteiger partial charge >= 0.3 is 0 Å². The third-order valence-electron chi connectivity index (χ3n) is 4.71. The van der Waals surface area contributed by atoms with E-state index in [1.165, 1.54) is 0 Å². The number of nitrogens with one attached hydrogen (secondary N) is 2. The van der Waals surface area contributed by atoms with Crippen LogP contribution in [0.5, 0.6) is 11.5 Å². The first-order valence-electron chi connectivity index (χ1n) is 8.63. The Balaban J connectivity index is 2.20. The molecule has 2 aromatic rings. The Labute approximate surface area is 159 Å². The van der Waals surface area contributed by atoms with Crippen LogP contribution in [0.15, 0.2) is 42.5 Å². The van der Waals surface area contributed by atoms with E-state index in [0.29, 0.717) is 17.1 Å². The summed E-state index contributed by atoms with van der Waals surface area (Å²) in [5, 5.41) is 12.1. The van der Waals surface area contributed by atoms with Gasteiger partial charge in [0, 0.05) is 12.6 Å². The van der Waals surface area contributed by atoms with Gasteiger partial charge in [-0.25, -0.2) is 0 Å². The number of benzene rings is 2. The molecule has 0 aliphatic rings. The summed E-state index contributed by atoms with van der Waals surface area (Å²) in [7, 11) is 6.61. The highest BCUT2D eigenvalue weighted by Gasteiger charge is 2.23. The van der Waals surface area contributed by atoms with Crippen LogP contribution in [0, 0.1) is 0 Å². The van der Waals surface area contributed by atoms with Crippen LogP contribution in [0.1, 0.15) is 17.3 Å². The molecular formula is C20H27N3O4. The van der Waals surface area contributed by atoms with E-state index in [9.17, 15) is 10.0 Å². The maximum absolute atomic E-state index is 12.7. The molecule has 27 heavy (non-hydrogen) atoms. The van der Waals surface area contributed by atoms with Gasteiger partial charge < -0.3 is 24.9 Å². The molecule has 0 bridgehead atoms. The minimum atomic E-state index is -0.426. The van der Waals surface area contributed by atoms with Gasteiger partial charge in [-0.1, -0.05) is 18.2 Å². The number of carbonyl (C=O) groups excluding carboxylic acids is 1. The van der Waals surface area contributed by atoms with Crippen molar-refractivity contribution < 1.29 is 19.5 Å². The van der Waals surface area contributed by atoms with E-state index in [4.69, 9.17) is 9.47 Å². The summed E-state index contributed by atoms with van der Waals surface area (Å²) >= 11 is 0. The van der Waals surface area contributed by atoms with Gasteiger partial charge in [-0.15, -0.1) is 0 Å². The summed E-state index contributed by atoms with van der Waals surface area (Å²) in [6, 6.07) is 12.8. The van der Waals surface area contributed by atoms with Crippen LogP contribution in [0.3, 0.4) is 0 Å². The average molecular weight is 373 g/mol. The molecule has 7 heteroatoms. The Morgan fingerprint density at radius 2 is 1.63 bits per heavy atom. The number of rotatable bonds is 8. The lowest BCUT2D eigenvalue weighted by atomic mass is 10.0. The highest BCUT2D eigenvalue weighted by Crippen LogP contribution is 2.32. The number of hydrogen-bond donors (Lipinski definition) is 3. The number of hydrogen-bond acceptors (Lipinski definition) is 6. The molecule has 0 spiro atoms. The minimum absolute atomic E-state index is 0.128. The molecule has 0 radical (unpaired) electrons. The number of methoxy groups -OCH3 is 2. The fourth-order valence-electron chi connectivity index (χ4n) is 2.85. The van der Waals surface area contributed by atoms with Crippen molar-refractivity contribution in [2.45, 2.75) is 19.1 Å². The average Bonchev–Trinajstić information content (AvgIpc) is 2.73. The molecule has 7 nitrogen and oxygen atoms in total. The molecule has 0 heterocycles. The van der Waals surface area contributed by atoms with E-state index < -0.39 is 6.17 Å². The Morgan fingerprint density at radius 3 is 2.15 bits per heavy atom. The molecule has 0 aliphatic heterocycles. The quantitative estimate of drug-likeness (QED) is 0.487. The normalized spacial score (nSPS) is 13.0. The van der Waals surface area contributed by atoms with Crippen molar-refractivity contribution in [1.29, 1.82) is 0 Å². The van der Waals surface area contributed by atoms with Gasteiger partial charge in [0.15, 0.2) is 11.5 Å². The molecule has 2 rings (SSSR count). The van der Waals surface area contributed by atoms with E-state index in [1.807, 2.05) is 37.3 Å². The second-order valence-electron chi connectivity index (χ2n) is 6.20. The number of hydroxylamine groups is 1. The van der Waals surface area contributed by atoms with Crippen molar-refractivity contribution >= 4 is 5.91 Å². The zero-order valence-corrected chi connectivity index (χ0v) is 16.3. The minimum Gasteiger partial charge on any atom is -0.493 e. The number of carbonyl (C=O) groups is 1. The second-order valence-corrected chi connectivity index (χ2v) is 6.20. The third kappa shape index (κ3) is 4.57. The Kier molecular flexibility index (Phi) is 7.18. The summed E-state index contributed by atoms with van der Waals surface area (Å²) in [6.45, 7) is 1.85. The van der Waals surface area contributed by atoms with Crippen LogP contribution < -0.4 is 20.3 Å². The molecule has 0 saturated heterocycles. The summed E-state index contributed by atoms with van der Waals surface area (Å²) < 4.78 is 10.6. The topological polar surface area (TPSA) is 83.1 Å². The molecule has 2 aromatic carbocycles. The van der Waals surface area contributed by atoms with Gasteiger partial charge in [0.25, 0.3) is 5.91 Å². The van der Waals surface area contributed by atoms with Gasteiger partial charge in [-0.3, -0.25) is 4.79 Å². The lowest BCUT2D eigenvalue weighted by molar-refractivity contribution is 0.0493. The van der Waals surface area contributed by atoms with Crippen LogP contribution in [0.4, 0.5) is 0 Å². The number of ether oxygens (including phenoxy) is 2. The van der Waals surface area contributed by atoms with Crippen LogP contribution in [-0.4, -0.2) is 56.5 Å². The summed E-state index contributed by atoms with van der Waals surface area (Å²) in [6.07, 6.45) is -0.426. The monoisotopic (exact) mass is 373 g/mol. The van der Waals surface area contributed by atoms with Crippen molar-refractivity contribution in [3.05, 3.63) is 48.0 Å². The predicted molar refractivity (Wildman–Crippen MR) is 104 cm³/mol. The van der Waals surface area contributed by atoms with Crippen LogP contribution in [0.2, 0.25) is 0 Å². The van der Waals surface area contributed by atoms with Gasteiger partial charge in [-0.2, -0.15) is 5.48 Å². The summed E-state index contributed by atoms with van der Waals surface area (Å²) in [5.41, 5.74) is 4.66. The summed E-state index contributed by atoms with van der Waals surface area (Å²) in [4.78, 5) is 14.3. The first kappa shape index (κ1) is 20.7. The smallest absolute Gasteiger partial charge is 0.253 e. The van der Waals surface area contributed by atoms with Gasteiger partial charge in [0.1, 0.15) is 6.17 Å². The number of likely N-dealkylation sites (N-methyl/N-ethyl adjacent to an activating group) is 2. The fraction of sp³-hybridized carbons (Fsp3) is 0.350. The van der Waals surface area contributed by atoms with E-state index >= 15 is 0 Å². The Morgan fingerprint density at radius 1 is 1.04 bits per heavy atom. The largest absolute Gasteiger partial charge is 0.493 e. The zero-order chi connectivity index (χ0) is 20.0. The SMILES string of the molecule is CNC(NO)C(C)N(C)C(=O)c1ccc(-c2ccc(OC)c(OC)c2)cc1.